The van der Waals surface area contributed by atoms with Crippen molar-refractivity contribution in [2.24, 2.45) is 0 Å². The predicted octanol–water partition coefficient (Wildman–Crippen LogP) is 4.10. The molecule has 0 spiro atoms. The molecule has 24 heavy (non-hydrogen) atoms. The molecule has 0 N–H and O–H groups in total. The standard InChI is InChI=1S/C17H16ClNO4S/c1-13-10-14(22-9-5-4-8-19)12-15(11-13)23-24(20,21)17-7-3-2-6-16(17)18/h2-3,6-7,10-12H,4-5,9H2,1H3. The van der Waals surface area contributed by atoms with Crippen LogP contribution in [0.25, 0.3) is 0 Å². The molecule has 0 unspecified atom stereocenters. The minimum atomic E-state index is -4.04. The first-order chi connectivity index (χ1) is 11.4. The van der Waals surface area contributed by atoms with Crippen molar-refractivity contribution in [3.8, 4) is 17.6 Å². The molecule has 2 aromatic carbocycles. The fourth-order valence-corrected chi connectivity index (χ4v) is 3.42. The minimum Gasteiger partial charge on any atom is -0.493 e. The van der Waals surface area contributed by atoms with Gasteiger partial charge in [0.15, 0.2) is 0 Å². The molecule has 0 radical (unpaired) electrons. The summed E-state index contributed by atoms with van der Waals surface area (Å²) >= 11 is 5.93. The van der Waals surface area contributed by atoms with Crippen LogP contribution in [0.4, 0.5) is 0 Å². The van der Waals surface area contributed by atoms with Gasteiger partial charge in [-0.1, -0.05) is 23.7 Å². The lowest BCUT2D eigenvalue weighted by Crippen LogP contribution is -2.10. The second-order valence-electron chi connectivity index (χ2n) is 5.06. The Morgan fingerprint density at radius 3 is 2.58 bits per heavy atom. The first-order valence-corrected chi connectivity index (χ1v) is 9.01. The van der Waals surface area contributed by atoms with Gasteiger partial charge in [-0.05, 0) is 43.2 Å². The molecule has 0 aliphatic carbocycles. The van der Waals surface area contributed by atoms with Gasteiger partial charge in [0.1, 0.15) is 16.4 Å². The third-order valence-corrected chi connectivity index (χ3v) is 4.79. The van der Waals surface area contributed by atoms with Crippen molar-refractivity contribution in [2.75, 3.05) is 6.61 Å². The summed E-state index contributed by atoms with van der Waals surface area (Å²) in [5.74, 6) is 0.627. The van der Waals surface area contributed by atoms with Gasteiger partial charge >= 0.3 is 10.1 Å². The molecule has 0 aliphatic heterocycles. The van der Waals surface area contributed by atoms with Crippen LogP contribution in [0.5, 0.6) is 11.5 Å². The molecular formula is C17H16ClNO4S. The van der Waals surface area contributed by atoms with E-state index in [2.05, 4.69) is 0 Å². The Hall–Kier alpha value is -2.23. The molecule has 0 heterocycles. The van der Waals surface area contributed by atoms with Crippen LogP contribution in [0.2, 0.25) is 5.02 Å². The van der Waals surface area contributed by atoms with Crippen molar-refractivity contribution < 1.29 is 17.3 Å². The normalized spacial score (nSPS) is 10.9. The lowest BCUT2D eigenvalue weighted by atomic mass is 10.2. The molecule has 0 bridgehead atoms. The number of benzene rings is 2. The van der Waals surface area contributed by atoms with Gasteiger partial charge in [-0.3, -0.25) is 0 Å². The zero-order valence-corrected chi connectivity index (χ0v) is 14.6. The predicted molar refractivity (Wildman–Crippen MR) is 90.8 cm³/mol. The number of ether oxygens (including phenoxy) is 1. The van der Waals surface area contributed by atoms with Crippen LogP contribution in [-0.2, 0) is 10.1 Å². The molecule has 2 rings (SSSR count). The van der Waals surface area contributed by atoms with E-state index in [-0.39, 0.29) is 15.7 Å². The molecule has 0 aliphatic rings. The van der Waals surface area contributed by atoms with Gasteiger partial charge < -0.3 is 8.92 Å². The average Bonchev–Trinajstić information content (AvgIpc) is 2.51. The second-order valence-corrected chi connectivity index (χ2v) is 6.98. The van der Waals surface area contributed by atoms with Crippen LogP contribution in [0, 0.1) is 18.3 Å². The summed E-state index contributed by atoms with van der Waals surface area (Å²) in [6, 6.07) is 13.0. The Morgan fingerprint density at radius 1 is 1.17 bits per heavy atom. The summed E-state index contributed by atoms with van der Waals surface area (Å²) in [4.78, 5) is -0.0929. The van der Waals surface area contributed by atoms with E-state index >= 15 is 0 Å². The van der Waals surface area contributed by atoms with Gasteiger partial charge in [0, 0.05) is 12.5 Å². The summed E-state index contributed by atoms with van der Waals surface area (Å²) < 4.78 is 35.4. The number of rotatable bonds is 7. The summed E-state index contributed by atoms with van der Waals surface area (Å²) in [6.45, 7) is 2.17. The van der Waals surface area contributed by atoms with Crippen molar-refractivity contribution in [2.45, 2.75) is 24.7 Å². The third kappa shape index (κ3) is 4.88. The van der Waals surface area contributed by atoms with Crippen molar-refractivity contribution in [1.29, 1.82) is 5.26 Å². The highest BCUT2D eigenvalue weighted by molar-refractivity contribution is 7.87. The summed E-state index contributed by atoms with van der Waals surface area (Å²) in [5.41, 5.74) is 0.789. The van der Waals surface area contributed by atoms with E-state index in [1.807, 2.05) is 6.07 Å². The zero-order valence-electron chi connectivity index (χ0n) is 13.0. The number of aryl methyl sites for hydroxylation is 1. The van der Waals surface area contributed by atoms with Crippen LogP contribution in [0.1, 0.15) is 18.4 Å². The number of hydrogen-bond acceptors (Lipinski definition) is 5. The second kappa shape index (κ2) is 8.04. The van der Waals surface area contributed by atoms with E-state index in [1.54, 1.807) is 31.2 Å². The van der Waals surface area contributed by atoms with Gasteiger partial charge in [0.2, 0.25) is 0 Å². The molecule has 2 aromatic rings. The summed E-state index contributed by atoms with van der Waals surface area (Å²) in [6.07, 6.45) is 0.995. The maximum atomic E-state index is 12.4. The van der Waals surface area contributed by atoms with E-state index in [9.17, 15) is 8.42 Å². The van der Waals surface area contributed by atoms with Gasteiger partial charge in [0.25, 0.3) is 0 Å². The molecular weight excluding hydrogens is 350 g/mol. The SMILES string of the molecule is Cc1cc(OCCCC#N)cc(OS(=O)(=O)c2ccccc2Cl)c1. The molecule has 0 fully saturated rings. The fraction of sp³-hybridized carbons (Fsp3) is 0.235. The lowest BCUT2D eigenvalue weighted by molar-refractivity contribution is 0.311. The van der Waals surface area contributed by atoms with Crippen LogP contribution < -0.4 is 8.92 Å². The zero-order chi connectivity index (χ0) is 17.6. The highest BCUT2D eigenvalue weighted by atomic mass is 35.5. The largest absolute Gasteiger partial charge is 0.493 e. The van der Waals surface area contributed by atoms with E-state index in [0.717, 1.165) is 5.56 Å². The quantitative estimate of drug-likeness (QED) is 0.545. The first kappa shape index (κ1) is 18.1. The van der Waals surface area contributed by atoms with Crippen LogP contribution in [0.3, 0.4) is 0 Å². The van der Waals surface area contributed by atoms with Crippen LogP contribution in [0.15, 0.2) is 47.4 Å². The Balaban J connectivity index is 2.19. The smallest absolute Gasteiger partial charge is 0.340 e. The van der Waals surface area contributed by atoms with E-state index in [4.69, 9.17) is 25.8 Å². The van der Waals surface area contributed by atoms with Crippen molar-refractivity contribution >= 4 is 21.7 Å². The number of halogens is 1. The third-order valence-electron chi connectivity index (χ3n) is 3.04. The molecule has 126 valence electrons. The first-order valence-electron chi connectivity index (χ1n) is 7.23. The van der Waals surface area contributed by atoms with E-state index in [0.29, 0.717) is 25.2 Å². The van der Waals surface area contributed by atoms with Crippen molar-refractivity contribution in [3.63, 3.8) is 0 Å². The molecule has 7 heteroatoms. The summed E-state index contributed by atoms with van der Waals surface area (Å²) in [5, 5.41) is 8.60. The highest BCUT2D eigenvalue weighted by Gasteiger charge is 2.20. The Labute approximate surface area is 146 Å². The van der Waals surface area contributed by atoms with Crippen LogP contribution in [-0.4, -0.2) is 15.0 Å². The number of hydrogen-bond donors (Lipinski definition) is 0. The molecule has 0 saturated carbocycles. The van der Waals surface area contributed by atoms with Gasteiger partial charge in [0.05, 0.1) is 17.7 Å². The van der Waals surface area contributed by atoms with Crippen molar-refractivity contribution in [3.05, 3.63) is 53.1 Å². The number of unbranched alkanes of at least 4 members (excludes halogenated alkanes) is 1. The van der Waals surface area contributed by atoms with E-state index < -0.39 is 10.1 Å². The summed E-state index contributed by atoms with van der Waals surface area (Å²) in [7, 11) is -4.04. The highest BCUT2D eigenvalue weighted by Crippen LogP contribution is 2.28. The van der Waals surface area contributed by atoms with Crippen molar-refractivity contribution in [1.82, 2.24) is 0 Å². The maximum Gasteiger partial charge on any atom is 0.340 e. The maximum absolute atomic E-state index is 12.4. The minimum absolute atomic E-state index is 0.0929. The Bertz CT molecular complexity index is 859. The lowest BCUT2D eigenvalue weighted by Gasteiger charge is -2.11. The Morgan fingerprint density at radius 2 is 1.88 bits per heavy atom. The van der Waals surface area contributed by atoms with Gasteiger partial charge in [-0.15, -0.1) is 0 Å². The number of nitrogens with zero attached hydrogens (tertiary/aromatic N) is 1. The molecule has 0 aromatic heterocycles. The fourth-order valence-electron chi connectivity index (χ4n) is 2.01. The monoisotopic (exact) mass is 365 g/mol. The average molecular weight is 366 g/mol. The molecule has 0 saturated heterocycles. The van der Waals surface area contributed by atoms with Gasteiger partial charge in [-0.25, -0.2) is 0 Å². The van der Waals surface area contributed by atoms with E-state index in [1.165, 1.54) is 18.2 Å². The van der Waals surface area contributed by atoms with Gasteiger partial charge in [-0.2, -0.15) is 13.7 Å². The topological polar surface area (TPSA) is 76.4 Å². The van der Waals surface area contributed by atoms with Crippen LogP contribution >= 0.6 is 11.6 Å². The molecule has 0 amide bonds. The molecule has 5 nitrogen and oxygen atoms in total. The number of nitriles is 1. The molecule has 0 atom stereocenters. The Kier molecular flexibility index (Phi) is 6.07.